The zero-order valence-electron chi connectivity index (χ0n) is 11.1. The van der Waals surface area contributed by atoms with E-state index in [9.17, 15) is 4.79 Å². The zero-order chi connectivity index (χ0) is 14.7. The van der Waals surface area contributed by atoms with Gasteiger partial charge in [0.05, 0.1) is 12.1 Å². The Hall–Kier alpha value is -1.78. The molecule has 2 aromatic carbocycles. The number of benzene rings is 2. The molecular weight excluding hydrogens is 346 g/mol. The molecule has 1 aromatic heterocycles. The normalized spacial score (nSPS) is 10.5. The van der Waals surface area contributed by atoms with Crippen molar-refractivity contribution in [2.24, 2.45) is 0 Å². The fourth-order valence-electron chi connectivity index (χ4n) is 2.03. The van der Waals surface area contributed by atoms with Gasteiger partial charge in [-0.1, -0.05) is 58.4 Å². The Bertz CT molecular complexity index is 767. The van der Waals surface area contributed by atoms with Crippen LogP contribution in [0, 0.1) is 0 Å². The molecule has 0 aliphatic carbocycles. The van der Waals surface area contributed by atoms with Gasteiger partial charge in [-0.05, 0) is 12.1 Å². The number of halogens is 1. The van der Waals surface area contributed by atoms with Gasteiger partial charge < -0.3 is 0 Å². The van der Waals surface area contributed by atoms with Crippen LogP contribution in [0.15, 0.2) is 64.5 Å². The average molecular weight is 358 g/mol. The van der Waals surface area contributed by atoms with E-state index in [-0.39, 0.29) is 5.78 Å². The average Bonchev–Trinajstić information content (AvgIpc) is 2.97. The van der Waals surface area contributed by atoms with Gasteiger partial charge in [0.15, 0.2) is 5.78 Å². The molecule has 0 aliphatic rings. The molecule has 0 aliphatic heterocycles. The highest BCUT2D eigenvalue weighted by molar-refractivity contribution is 9.10. The second-order valence-corrected chi connectivity index (χ2v) is 6.39. The lowest BCUT2D eigenvalue weighted by molar-refractivity contribution is 0.0992. The Morgan fingerprint density at radius 2 is 1.90 bits per heavy atom. The first kappa shape index (κ1) is 14.2. The van der Waals surface area contributed by atoms with Crippen LogP contribution >= 0.6 is 27.3 Å². The van der Waals surface area contributed by atoms with E-state index in [2.05, 4.69) is 20.9 Å². The van der Waals surface area contributed by atoms with Gasteiger partial charge in [-0.3, -0.25) is 4.79 Å². The van der Waals surface area contributed by atoms with E-state index in [4.69, 9.17) is 0 Å². The number of Topliss-reactive ketones (excluding diaryl/α,β-unsaturated/α-hetero) is 1. The summed E-state index contributed by atoms with van der Waals surface area (Å²) in [4.78, 5) is 16.7. The van der Waals surface area contributed by atoms with Crippen LogP contribution < -0.4 is 0 Å². The molecule has 0 bridgehead atoms. The summed E-state index contributed by atoms with van der Waals surface area (Å²) in [6.07, 6.45) is 0.342. The Labute approximate surface area is 135 Å². The van der Waals surface area contributed by atoms with Gasteiger partial charge in [0.2, 0.25) is 0 Å². The Morgan fingerprint density at radius 3 is 2.67 bits per heavy atom. The highest BCUT2D eigenvalue weighted by atomic mass is 79.9. The third-order valence-corrected chi connectivity index (χ3v) is 4.49. The number of rotatable bonds is 4. The molecule has 1 heterocycles. The number of carbonyl (C=O) groups is 1. The first-order valence-electron chi connectivity index (χ1n) is 6.51. The summed E-state index contributed by atoms with van der Waals surface area (Å²) in [6.45, 7) is 0. The minimum Gasteiger partial charge on any atom is -0.294 e. The van der Waals surface area contributed by atoms with Gasteiger partial charge in [-0.25, -0.2) is 4.98 Å². The molecular formula is C17H12BrNOS. The number of hydrogen-bond donors (Lipinski definition) is 0. The predicted molar refractivity (Wildman–Crippen MR) is 89.7 cm³/mol. The van der Waals surface area contributed by atoms with E-state index in [0.717, 1.165) is 26.3 Å². The van der Waals surface area contributed by atoms with Crippen LogP contribution in [0.4, 0.5) is 0 Å². The number of carbonyl (C=O) groups excluding carboxylic acids is 1. The van der Waals surface area contributed by atoms with Crippen LogP contribution in [0.1, 0.15) is 16.1 Å². The molecule has 0 radical (unpaired) electrons. The topological polar surface area (TPSA) is 30.0 Å². The van der Waals surface area contributed by atoms with Crippen molar-refractivity contribution < 1.29 is 4.79 Å². The molecule has 2 nitrogen and oxygen atoms in total. The maximum atomic E-state index is 12.2. The summed E-state index contributed by atoms with van der Waals surface area (Å²) in [5, 5.41) is 2.89. The lowest BCUT2D eigenvalue weighted by atomic mass is 10.1. The summed E-state index contributed by atoms with van der Waals surface area (Å²) in [7, 11) is 0. The number of hydrogen-bond acceptors (Lipinski definition) is 3. The summed E-state index contributed by atoms with van der Waals surface area (Å²) < 4.78 is 1.03. The molecule has 104 valence electrons. The van der Waals surface area contributed by atoms with Crippen LogP contribution in [0.25, 0.3) is 10.6 Å². The maximum absolute atomic E-state index is 12.2. The van der Waals surface area contributed by atoms with Crippen molar-refractivity contribution >= 4 is 33.0 Å². The molecule has 0 N–H and O–H groups in total. The summed E-state index contributed by atoms with van der Waals surface area (Å²) in [5.74, 6) is 0.0988. The SMILES string of the molecule is O=C(Cc1csc(-c2cccc(Br)c2)n1)c1ccccc1. The molecule has 0 unspecified atom stereocenters. The van der Waals surface area contributed by atoms with Crippen molar-refractivity contribution in [3.05, 3.63) is 75.7 Å². The van der Waals surface area contributed by atoms with Crippen molar-refractivity contribution in [3.8, 4) is 10.6 Å². The third-order valence-electron chi connectivity index (χ3n) is 3.06. The van der Waals surface area contributed by atoms with E-state index in [0.29, 0.717) is 6.42 Å². The third kappa shape index (κ3) is 3.46. The van der Waals surface area contributed by atoms with E-state index in [1.165, 1.54) is 0 Å². The van der Waals surface area contributed by atoms with Gasteiger partial charge in [0.1, 0.15) is 5.01 Å². The summed E-state index contributed by atoms with van der Waals surface area (Å²) in [6, 6.07) is 17.3. The molecule has 4 heteroatoms. The monoisotopic (exact) mass is 357 g/mol. The first-order valence-corrected chi connectivity index (χ1v) is 8.18. The lowest BCUT2D eigenvalue weighted by Gasteiger charge is -1.98. The molecule has 0 saturated carbocycles. The minimum absolute atomic E-state index is 0.0988. The second-order valence-electron chi connectivity index (χ2n) is 4.62. The fraction of sp³-hybridized carbons (Fsp3) is 0.0588. The van der Waals surface area contributed by atoms with Crippen LogP contribution in [0.2, 0.25) is 0 Å². The molecule has 0 saturated heterocycles. The molecule has 0 fully saturated rings. The molecule has 0 spiro atoms. The first-order chi connectivity index (χ1) is 10.2. The van der Waals surface area contributed by atoms with Gasteiger partial charge in [-0.15, -0.1) is 11.3 Å². The van der Waals surface area contributed by atoms with Crippen molar-refractivity contribution in [1.29, 1.82) is 0 Å². The Balaban J connectivity index is 1.78. The van der Waals surface area contributed by atoms with Crippen molar-refractivity contribution in [2.45, 2.75) is 6.42 Å². The lowest BCUT2D eigenvalue weighted by Crippen LogP contribution is -2.03. The van der Waals surface area contributed by atoms with Crippen molar-refractivity contribution in [3.63, 3.8) is 0 Å². The quantitative estimate of drug-likeness (QED) is 0.615. The fourth-order valence-corrected chi connectivity index (χ4v) is 3.25. The van der Waals surface area contributed by atoms with E-state index < -0.39 is 0 Å². The van der Waals surface area contributed by atoms with Crippen molar-refractivity contribution in [1.82, 2.24) is 4.98 Å². The highest BCUT2D eigenvalue weighted by Crippen LogP contribution is 2.26. The Kier molecular flexibility index (Phi) is 4.27. The zero-order valence-corrected chi connectivity index (χ0v) is 13.5. The van der Waals surface area contributed by atoms with E-state index in [1.807, 2.05) is 60.0 Å². The van der Waals surface area contributed by atoms with Gasteiger partial charge in [0.25, 0.3) is 0 Å². The predicted octanol–water partition coefficient (Wildman–Crippen LogP) is 5.00. The van der Waals surface area contributed by atoms with Gasteiger partial charge in [0, 0.05) is 21.0 Å². The van der Waals surface area contributed by atoms with Crippen LogP contribution in [0.3, 0.4) is 0 Å². The van der Waals surface area contributed by atoms with Crippen molar-refractivity contribution in [2.75, 3.05) is 0 Å². The molecule has 3 rings (SSSR count). The summed E-state index contributed by atoms with van der Waals surface area (Å²) in [5.41, 5.74) is 2.62. The smallest absolute Gasteiger partial charge is 0.168 e. The van der Waals surface area contributed by atoms with Gasteiger partial charge in [-0.2, -0.15) is 0 Å². The molecule has 0 amide bonds. The van der Waals surface area contributed by atoms with E-state index >= 15 is 0 Å². The molecule has 0 atom stereocenters. The minimum atomic E-state index is 0.0988. The van der Waals surface area contributed by atoms with E-state index in [1.54, 1.807) is 11.3 Å². The van der Waals surface area contributed by atoms with Crippen LogP contribution in [0.5, 0.6) is 0 Å². The highest BCUT2D eigenvalue weighted by Gasteiger charge is 2.10. The molecule has 3 aromatic rings. The summed E-state index contributed by atoms with van der Waals surface area (Å²) >= 11 is 5.02. The molecule has 21 heavy (non-hydrogen) atoms. The maximum Gasteiger partial charge on any atom is 0.168 e. The van der Waals surface area contributed by atoms with Crippen LogP contribution in [-0.2, 0) is 6.42 Å². The number of aromatic nitrogens is 1. The largest absolute Gasteiger partial charge is 0.294 e. The standard InChI is InChI=1S/C17H12BrNOS/c18-14-8-4-7-13(9-14)17-19-15(11-21-17)10-16(20)12-5-2-1-3-6-12/h1-9,11H,10H2. The van der Waals surface area contributed by atoms with Gasteiger partial charge >= 0.3 is 0 Å². The van der Waals surface area contributed by atoms with Crippen LogP contribution in [-0.4, -0.2) is 10.8 Å². The number of thiazole rings is 1. The second kappa shape index (κ2) is 6.33. The number of nitrogens with zero attached hydrogens (tertiary/aromatic N) is 1. The number of ketones is 1. The Morgan fingerprint density at radius 1 is 1.10 bits per heavy atom.